The summed E-state index contributed by atoms with van der Waals surface area (Å²) in [6, 6.07) is 0. The Morgan fingerprint density at radius 2 is 1.12 bits per heavy atom. The molecule has 17 heavy (non-hydrogen) atoms. The standard InChI is InChI=1S/C6H14O9S2/c1-3-5(7,16(9,10)11)15-6(8,4-2)17(12,13)14/h7-8H,3-4H2,1-2H3,(H,9,10,11)(H,12,13,14). The molecule has 0 spiro atoms. The van der Waals surface area contributed by atoms with Crippen LogP contribution in [-0.4, -0.2) is 46.4 Å². The first kappa shape index (κ1) is 16.7. The second-order valence-electron chi connectivity index (χ2n) is 3.18. The van der Waals surface area contributed by atoms with Crippen molar-refractivity contribution in [1.82, 2.24) is 0 Å². The molecule has 9 nitrogen and oxygen atoms in total. The van der Waals surface area contributed by atoms with Crippen LogP contribution in [0, 0.1) is 0 Å². The lowest BCUT2D eigenvalue weighted by molar-refractivity contribution is -0.262. The van der Waals surface area contributed by atoms with Gasteiger partial charge in [-0.25, -0.2) is 0 Å². The molecule has 0 radical (unpaired) electrons. The zero-order valence-corrected chi connectivity index (χ0v) is 10.7. The van der Waals surface area contributed by atoms with Gasteiger partial charge in [0.05, 0.1) is 0 Å². The van der Waals surface area contributed by atoms with Crippen molar-refractivity contribution >= 4 is 20.2 Å². The molecule has 2 unspecified atom stereocenters. The van der Waals surface area contributed by atoms with Gasteiger partial charge in [0.1, 0.15) is 0 Å². The largest absolute Gasteiger partial charge is 0.351 e. The van der Waals surface area contributed by atoms with Crippen molar-refractivity contribution < 1.29 is 40.9 Å². The quantitative estimate of drug-likeness (QED) is 0.352. The highest BCUT2D eigenvalue weighted by atomic mass is 32.2. The van der Waals surface area contributed by atoms with Crippen LogP contribution in [0.1, 0.15) is 26.7 Å². The third kappa shape index (κ3) is 3.34. The Labute approximate surface area is 98.5 Å². The van der Waals surface area contributed by atoms with Crippen LogP contribution in [0.25, 0.3) is 0 Å². The monoisotopic (exact) mass is 294 g/mol. The smallest absolute Gasteiger partial charge is 0.321 e. The van der Waals surface area contributed by atoms with Crippen LogP contribution in [0.2, 0.25) is 0 Å². The minimum Gasteiger partial charge on any atom is -0.351 e. The summed E-state index contributed by atoms with van der Waals surface area (Å²) in [6.45, 7) is 2.10. The predicted octanol–water partition coefficient (Wildman–Crippen LogP) is -1.11. The molecule has 4 N–H and O–H groups in total. The van der Waals surface area contributed by atoms with Crippen molar-refractivity contribution in [1.29, 1.82) is 0 Å². The molecule has 0 fully saturated rings. The Bertz CT molecular complexity index is 422. The maximum atomic E-state index is 10.8. The summed E-state index contributed by atoms with van der Waals surface area (Å²) in [6.07, 6.45) is -1.55. The molecule has 0 aromatic heterocycles. The summed E-state index contributed by atoms with van der Waals surface area (Å²) >= 11 is 0. The summed E-state index contributed by atoms with van der Waals surface area (Å²) in [4.78, 5) is 0. The van der Waals surface area contributed by atoms with E-state index in [1.54, 1.807) is 0 Å². The van der Waals surface area contributed by atoms with E-state index in [0.29, 0.717) is 0 Å². The minimum atomic E-state index is -5.22. The normalized spacial score (nSPS) is 20.6. The Balaban J connectivity index is 5.58. The first-order valence-electron chi connectivity index (χ1n) is 4.42. The maximum absolute atomic E-state index is 10.8. The SMILES string of the molecule is CCC(O)(OC(O)(CC)S(=O)(=O)O)S(=O)(=O)O. The van der Waals surface area contributed by atoms with Gasteiger partial charge in [0.15, 0.2) is 0 Å². The molecule has 0 rings (SSSR count). The van der Waals surface area contributed by atoms with Crippen LogP contribution >= 0.6 is 0 Å². The highest BCUT2D eigenvalue weighted by molar-refractivity contribution is 7.87. The van der Waals surface area contributed by atoms with Gasteiger partial charge in [-0.1, -0.05) is 13.8 Å². The fourth-order valence-corrected chi connectivity index (χ4v) is 2.13. The van der Waals surface area contributed by atoms with Crippen LogP contribution in [-0.2, 0) is 25.0 Å². The Kier molecular flexibility index (Phi) is 4.67. The molecule has 0 saturated heterocycles. The molecular weight excluding hydrogens is 280 g/mol. The minimum absolute atomic E-state index is 0.774. The molecule has 0 heterocycles. The Morgan fingerprint density at radius 3 is 1.24 bits per heavy atom. The van der Waals surface area contributed by atoms with Gasteiger partial charge in [0.2, 0.25) is 0 Å². The zero-order valence-electron chi connectivity index (χ0n) is 9.06. The van der Waals surface area contributed by atoms with Crippen LogP contribution in [0.3, 0.4) is 0 Å². The van der Waals surface area contributed by atoms with Crippen molar-refractivity contribution in [3.05, 3.63) is 0 Å². The van der Waals surface area contributed by atoms with E-state index in [0.717, 1.165) is 13.8 Å². The van der Waals surface area contributed by atoms with Crippen LogP contribution in [0.5, 0.6) is 0 Å². The number of aliphatic hydroxyl groups is 2. The van der Waals surface area contributed by atoms with E-state index in [4.69, 9.17) is 9.11 Å². The number of ether oxygens (including phenoxy) is 1. The molecular formula is C6H14O9S2. The topological polar surface area (TPSA) is 158 Å². The number of hydrogen-bond donors (Lipinski definition) is 4. The highest BCUT2D eigenvalue weighted by Gasteiger charge is 2.53. The predicted molar refractivity (Wildman–Crippen MR) is 54.7 cm³/mol. The molecule has 0 aliphatic rings. The molecule has 0 aliphatic carbocycles. The van der Waals surface area contributed by atoms with Crippen molar-refractivity contribution in [2.75, 3.05) is 0 Å². The van der Waals surface area contributed by atoms with Gasteiger partial charge in [0.25, 0.3) is 10.2 Å². The van der Waals surface area contributed by atoms with Gasteiger partial charge in [-0.2, -0.15) is 16.8 Å². The maximum Gasteiger partial charge on any atom is 0.321 e. The van der Waals surface area contributed by atoms with E-state index in [-0.39, 0.29) is 0 Å². The van der Waals surface area contributed by atoms with E-state index < -0.39 is 43.3 Å². The molecule has 0 aromatic carbocycles. The van der Waals surface area contributed by atoms with Crippen LogP contribution in [0.4, 0.5) is 0 Å². The first-order valence-corrected chi connectivity index (χ1v) is 7.30. The van der Waals surface area contributed by atoms with Crippen LogP contribution < -0.4 is 0 Å². The lowest BCUT2D eigenvalue weighted by atomic mass is 10.4. The Hall–Kier alpha value is -0.300. The summed E-state index contributed by atoms with van der Waals surface area (Å²) < 4.78 is 64.6. The van der Waals surface area contributed by atoms with Gasteiger partial charge < -0.3 is 10.2 Å². The third-order valence-corrected chi connectivity index (χ3v) is 4.37. The zero-order chi connectivity index (χ0) is 14.1. The van der Waals surface area contributed by atoms with Crippen molar-refractivity contribution in [3.63, 3.8) is 0 Å². The molecule has 0 aromatic rings. The lowest BCUT2D eigenvalue weighted by Gasteiger charge is -2.32. The van der Waals surface area contributed by atoms with Crippen molar-refractivity contribution in [2.24, 2.45) is 0 Å². The molecule has 0 bridgehead atoms. The Morgan fingerprint density at radius 1 is 0.882 bits per heavy atom. The molecule has 0 saturated carbocycles. The second-order valence-corrected chi connectivity index (χ2v) is 6.36. The molecule has 0 amide bonds. The van der Waals surface area contributed by atoms with Gasteiger partial charge >= 0.3 is 20.2 Å². The highest BCUT2D eigenvalue weighted by Crippen LogP contribution is 2.30. The summed E-state index contributed by atoms with van der Waals surface area (Å²) in [5.41, 5.74) is 0. The van der Waals surface area contributed by atoms with Crippen molar-refractivity contribution in [2.45, 2.75) is 36.9 Å². The number of hydrogen-bond acceptors (Lipinski definition) is 7. The van der Waals surface area contributed by atoms with Gasteiger partial charge in [-0.3, -0.25) is 13.8 Å². The summed E-state index contributed by atoms with van der Waals surface area (Å²) in [5, 5.41) is 12.1. The van der Waals surface area contributed by atoms with Gasteiger partial charge in [0, 0.05) is 12.8 Å². The van der Waals surface area contributed by atoms with Crippen LogP contribution in [0.15, 0.2) is 0 Å². The van der Waals surface area contributed by atoms with E-state index >= 15 is 0 Å². The van der Waals surface area contributed by atoms with E-state index in [2.05, 4.69) is 4.74 Å². The molecule has 11 heteroatoms. The molecule has 2 atom stereocenters. The van der Waals surface area contributed by atoms with Crippen molar-refractivity contribution in [3.8, 4) is 0 Å². The molecule has 0 aliphatic heterocycles. The second kappa shape index (κ2) is 4.76. The summed E-state index contributed by atoms with van der Waals surface area (Å²) in [5.74, 6) is 0. The first-order chi connectivity index (χ1) is 7.33. The average molecular weight is 294 g/mol. The van der Waals surface area contributed by atoms with Gasteiger partial charge in [-0.15, -0.1) is 0 Å². The van der Waals surface area contributed by atoms with E-state index in [1.807, 2.05) is 0 Å². The van der Waals surface area contributed by atoms with E-state index in [1.165, 1.54) is 0 Å². The average Bonchev–Trinajstić information content (AvgIpc) is 2.13. The lowest BCUT2D eigenvalue weighted by Crippen LogP contribution is -2.52. The van der Waals surface area contributed by atoms with Gasteiger partial charge in [-0.05, 0) is 0 Å². The van der Waals surface area contributed by atoms with E-state index in [9.17, 15) is 27.0 Å². The fourth-order valence-electron chi connectivity index (χ4n) is 0.864. The fraction of sp³-hybridized carbons (Fsp3) is 1.00. The summed E-state index contributed by atoms with van der Waals surface area (Å²) in [7, 11) is -10.4. The molecule has 104 valence electrons. The third-order valence-electron chi connectivity index (χ3n) is 2.02. The number of rotatable bonds is 6.